The highest BCUT2D eigenvalue weighted by molar-refractivity contribution is 14.1. The van der Waals surface area contributed by atoms with E-state index in [1.807, 2.05) is 0 Å². The molecule has 0 aliphatic heterocycles. The lowest BCUT2D eigenvalue weighted by Gasteiger charge is -2.15. The molecule has 0 amide bonds. The second-order valence-electron chi connectivity index (χ2n) is 4.47. The molecule has 1 fully saturated rings. The van der Waals surface area contributed by atoms with Crippen LogP contribution in [0.3, 0.4) is 0 Å². The second kappa shape index (κ2) is 5.17. The molecule has 1 aromatic rings. The van der Waals surface area contributed by atoms with Crippen molar-refractivity contribution < 1.29 is 9.90 Å². The summed E-state index contributed by atoms with van der Waals surface area (Å²) in [5, 5.41) is 9.10. The van der Waals surface area contributed by atoms with Gasteiger partial charge in [-0.25, -0.2) is 0 Å². The van der Waals surface area contributed by atoms with E-state index in [1.165, 1.54) is 9.13 Å². The van der Waals surface area contributed by atoms with Gasteiger partial charge in [-0.2, -0.15) is 0 Å². The number of rotatable bonds is 3. The predicted molar refractivity (Wildman–Crippen MR) is 71.3 cm³/mol. The van der Waals surface area contributed by atoms with Crippen molar-refractivity contribution in [3.8, 4) is 0 Å². The molecule has 86 valence electrons. The molecule has 3 heteroatoms. The average molecular weight is 330 g/mol. The number of benzene rings is 1. The van der Waals surface area contributed by atoms with Gasteiger partial charge >= 0.3 is 5.97 Å². The molecule has 1 aliphatic rings. The molecule has 0 heterocycles. The number of halogens is 1. The number of aliphatic carboxylic acids is 1. The van der Waals surface area contributed by atoms with Crippen molar-refractivity contribution in [1.82, 2.24) is 0 Å². The summed E-state index contributed by atoms with van der Waals surface area (Å²) in [7, 11) is 0. The molecule has 0 aromatic heterocycles. The quantitative estimate of drug-likeness (QED) is 0.863. The highest BCUT2D eigenvalue weighted by Crippen LogP contribution is 2.34. The fourth-order valence-corrected chi connectivity index (χ4v) is 2.89. The van der Waals surface area contributed by atoms with Gasteiger partial charge in [0.05, 0.1) is 5.92 Å². The van der Waals surface area contributed by atoms with Gasteiger partial charge < -0.3 is 5.11 Å². The highest BCUT2D eigenvalue weighted by atomic mass is 127. The molecule has 2 atom stereocenters. The van der Waals surface area contributed by atoms with E-state index in [1.54, 1.807) is 0 Å². The maximum Gasteiger partial charge on any atom is 0.306 e. The number of hydrogen-bond acceptors (Lipinski definition) is 1. The van der Waals surface area contributed by atoms with E-state index >= 15 is 0 Å². The zero-order valence-corrected chi connectivity index (χ0v) is 11.2. The van der Waals surface area contributed by atoms with Gasteiger partial charge in [0.2, 0.25) is 0 Å². The van der Waals surface area contributed by atoms with E-state index in [4.69, 9.17) is 5.11 Å². The molecular formula is C13H15IO2. The van der Waals surface area contributed by atoms with Gasteiger partial charge in [-0.15, -0.1) is 0 Å². The van der Waals surface area contributed by atoms with E-state index in [9.17, 15) is 4.79 Å². The minimum Gasteiger partial charge on any atom is -0.481 e. The summed E-state index contributed by atoms with van der Waals surface area (Å²) in [5.74, 6) is -0.412. The van der Waals surface area contributed by atoms with Crippen molar-refractivity contribution in [1.29, 1.82) is 0 Å². The molecule has 2 nitrogen and oxygen atoms in total. The first kappa shape index (κ1) is 11.9. The van der Waals surface area contributed by atoms with E-state index in [-0.39, 0.29) is 5.92 Å². The Labute approximate surface area is 109 Å². The van der Waals surface area contributed by atoms with Crippen molar-refractivity contribution >= 4 is 28.6 Å². The number of carbonyl (C=O) groups is 1. The fourth-order valence-electron chi connectivity index (χ4n) is 2.53. The number of carboxylic acid groups (broad SMARTS) is 1. The summed E-state index contributed by atoms with van der Waals surface area (Å²) in [6.07, 6.45) is 3.88. The SMILES string of the molecule is O=C(O)C1CCCC1Cc1ccc(I)cc1. The topological polar surface area (TPSA) is 37.3 Å². The van der Waals surface area contributed by atoms with Crippen molar-refractivity contribution in [3.63, 3.8) is 0 Å². The first-order valence-electron chi connectivity index (χ1n) is 5.64. The van der Waals surface area contributed by atoms with Gasteiger partial charge in [-0.3, -0.25) is 4.79 Å². The lowest BCUT2D eigenvalue weighted by atomic mass is 9.90. The van der Waals surface area contributed by atoms with Crippen LogP contribution >= 0.6 is 22.6 Å². The molecule has 1 saturated carbocycles. The summed E-state index contributed by atoms with van der Waals surface area (Å²) < 4.78 is 1.22. The minimum absolute atomic E-state index is 0.126. The van der Waals surface area contributed by atoms with Crippen molar-refractivity contribution in [2.75, 3.05) is 0 Å². The van der Waals surface area contributed by atoms with Gasteiger partial charge in [-0.05, 0) is 65.5 Å². The van der Waals surface area contributed by atoms with Crippen LogP contribution in [0.2, 0.25) is 0 Å². The Morgan fingerprint density at radius 2 is 2.00 bits per heavy atom. The normalized spacial score (nSPS) is 24.6. The fraction of sp³-hybridized carbons (Fsp3) is 0.462. The van der Waals surface area contributed by atoms with Gasteiger partial charge in [0, 0.05) is 3.57 Å². The van der Waals surface area contributed by atoms with E-state index in [2.05, 4.69) is 46.9 Å². The van der Waals surface area contributed by atoms with Crippen molar-refractivity contribution in [3.05, 3.63) is 33.4 Å². The van der Waals surface area contributed by atoms with E-state index in [0.717, 1.165) is 25.7 Å². The average Bonchev–Trinajstić information content (AvgIpc) is 2.69. The standard InChI is InChI=1S/C13H15IO2/c14-11-6-4-9(5-7-11)8-10-2-1-3-12(10)13(15)16/h4-7,10,12H,1-3,8H2,(H,15,16). The van der Waals surface area contributed by atoms with Gasteiger partial charge in [0.25, 0.3) is 0 Å². The van der Waals surface area contributed by atoms with Crippen molar-refractivity contribution in [2.45, 2.75) is 25.7 Å². The lowest BCUT2D eigenvalue weighted by molar-refractivity contribution is -0.142. The Bertz CT molecular complexity index is 372. The second-order valence-corrected chi connectivity index (χ2v) is 5.71. The van der Waals surface area contributed by atoms with Crippen LogP contribution in [0.1, 0.15) is 24.8 Å². The van der Waals surface area contributed by atoms with Crippen LogP contribution in [-0.4, -0.2) is 11.1 Å². The van der Waals surface area contributed by atoms with Crippen LogP contribution in [0, 0.1) is 15.4 Å². The molecule has 2 rings (SSSR count). The molecule has 0 spiro atoms. The minimum atomic E-state index is -0.618. The Hall–Kier alpha value is -0.580. The van der Waals surface area contributed by atoms with Gasteiger partial charge in [0.1, 0.15) is 0 Å². The summed E-state index contributed by atoms with van der Waals surface area (Å²) in [5.41, 5.74) is 1.26. The molecule has 1 N–H and O–H groups in total. The number of carboxylic acids is 1. The Balaban J connectivity index is 2.03. The van der Waals surface area contributed by atoms with Crippen LogP contribution < -0.4 is 0 Å². The van der Waals surface area contributed by atoms with E-state index < -0.39 is 5.97 Å². The highest BCUT2D eigenvalue weighted by Gasteiger charge is 2.32. The van der Waals surface area contributed by atoms with Crippen molar-refractivity contribution in [2.24, 2.45) is 11.8 Å². The van der Waals surface area contributed by atoms with Gasteiger partial charge in [0.15, 0.2) is 0 Å². The zero-order chi connectivity index (χ0) is 11.5. The van der Waals surface area contributed by atoms with Crippen LogP contribution in [0.15, 0.2) is 24.3 Å². The summed E-state index contributed by atoms with van der Waals surface area (Å²) in [6, 6.07) is 8.39. The summed E-state index contributed by atoms with van der Waals surface area (Å²) in [6.45, 7) is 0. The summed E-state index contributed by atoms with van der Waals surface area (Å²) >= 11 is 2.28. The molecule has 1 aliphatic carbocycles. The molecule has 1 aromatic carbocycles. The van der Waals surface area contributed by atoms with Crippen LogP contribution in [0.25, 0.3) is 0 Å². The molecule has 0 radical (unpaired) electrons. The lowest BCUT2D eigenvalue weighted by Crippen LogP contribution is -2.19. The maximum atomic E-state index is 11.1. The third-order valence-corrected chi connectivity index (χ3v) is 4.11. The molecule has 2 unspecified atom stereocenters. The van der Waals surface area contributed by atoms with E-state index in [0.29, 0.717) is 5.92 Å². The molecule has 16 heavy (non-hydrogen) atoms. The first-order valence-corrected chi connectivity index (χ1v) is 6.72. The first-order chi connectivity index (χ1) is 7.66. The number of hydrogen-bond donors (Lipinski definition) is 1. The third kappa shape index (κ3) is 2.75. The largest absolute Gasteiger partial charge is 0.481 e. The molecule has 0 bridgehead atoms. The van der Waals surface area contributed by atoms with Crippen LogP contribution in [0.4, 0.5) is 0 Å². The maximum absolute atomic E-state index is 11.1. The monoisotopic (exact) mass is 330 g/mol. The molecule has 0 saturated heterocycles. The van der Waals surface area contributed by atoms with Crippen LogP contribution in [-0.2, 0) is 11.2 Å². The predicted octanol–water partition coefficient (Wildman–Crippen LogP) is 3.33. The molecular weight excluding hydrogens is 315 g/mol. The Morgan fingerprint density at radius 1 is 1.31 bits per heavy atom. The summed E-state index contributed by atoms with van der Waals surface area (Å²) in [4.78, 5) is 11.1. The van der Waals surface area contributed by atoms with Gasteiger partial charge in [-0.1, -0.05) is 18.6 Å². The Kier molecular flexibility index (Phi) is 3.84. The third-order valence-electron chi connectivity index (χ3n) is 3.39. The smallest absolute Gasteiger partial charge is 0.306 e. The zero-order valence-electron chi connectivity index (χ0n) is 9.03. The van der Waals surface area contributed by atoms with Crippen LogP contribution in [0.5, 0.6) is 0 Å². The Morgan fingerprint density at radius 3 is 2.62 bits per heavy atom.